The minimum Gasteiger partial charge on any atom is -0.492 e. The van der Waals surface area contributed by atoms with E-state index in [4.69, 9.17) is 14.6 Å². The zero-order valence-corrected chi connectivity index (χ0v) is 13.8. The summed E-state index contributed by atoms with van der Waals surface area (Å²) in [6.07, 6.45) is -1.39. The fourth-order valence-electron chi connectivity index (χ4n) is 2.68. The quantitative estimate of drug-likeness (QED) is 0.874. The van der Waals surface area contributed by atoms with Crippen LogP contribution in [0.4, 0.5) is 5.69 Å². The van der Waals surface area contributed by atoms with Gasteiger partial charge in [-0.25, -0.2) is 0 Å². The van der Waals surface area contributed by atoms with Crippen molar-refractivity contribution in [3.05, 3.63) is 54.1 Å². The number of carboxylic acid groups (broad SMARTS) is 1. The second kappa shape index (κ2) is 7.25. The van der Waals surface area contributed by atoms with Gasteiger partial charge in [-0.1, -0.05) is 29.8 Å². The van der Waals surface area contributed by atoms with E-state index < -0.39 is 12.1 Å². The molecular weight excluding hydrogens is 322 g/mol. The van der Waals surface area contributed by atoms with Gasteiger partial charge in [0, 0.05) is 0 Å². The van der Waals surface area contributed by atoms with E-state index >= 15 is 0 Å². The number of hydrogen-bond donors (Lipinski definition) is 1. The van der Waals surface area contributed by atoms with Crippen LogP contribution in [0.5, 0.6) is 11.5 Å². The number of carbonyl (C=O) groups is 2. The van der Waals surface area contributed by atoms with Crippen molar-refractivity contribution in [2.24, 2.45) is 0 Å². The molecule has 0 aromatic heterocycles. The Bertz CT molecular complexity index is 772. The molecule has 25 heavy (non-hydrogen) atoms. The van der Waals surface area contributed by atoms with Gasteiger partial charge in [0.1, 0.15) is 18.1 Å². The summed E-state index contributed by atoms with van der Waals surface area (Å²) in [4.78, 5) is 25.1. The fraction of sp³-hybridized carbons (Fsp3) is 0.263. The Hall–Kier alpha value is -3.02. The number of anilines is 1. The third-order valence-corrected chi connectivity index (χ3v) is 3.93. The molecule has 0 saturated carbocycles. The largest absolute Gasteiger partial charge is 0.492 e. The number of ether oxygens (including phenoxy) is 2. The molecule has 1 heterocycles. The van der Waals surface area contributed by atoms with Crippen LogP contribution in [0.15, 0.2) is 48.5 Å². The highest BCUT2D eigenvalue weighted by Gasteiger charge is 2.35. The molecule has 0 saturated heterocycles. The summed E-state index contributed by atoms with van der Waals surface area (Å²) in [5.41, 5.74) is 1.77. The van der Waals surface area contributed by atoms with E-state index in [1.165, 1.54) is 4.90 Å². The Labute approximate surface area is 145 Å². The number of hydrogen-bond acceptors (Lipinski definition) is 4. The summed E-state index contributed by atoms with van der Waals surface area (Å²) in [5, 5.41) is 8.99. The van der Waals surface area contributed by atoms with E-state index in [-0.39, 0.29) is 12.3 Å². The van der Waals surface area contributed by atoms with E-state index in [1.807, 2.05) is 31.2 Å². The summed E-state index contributed by atoms with van der Waals surface area (Å²) in [6, 6.07) is 14.7. The summed E-state index contributed by atoms with van der Waals surface area (Å²) in [6.45, 7) is 2.60. The van der Waals surface area contributed by atoms with Gasteiger partial charge in [-0.2, -0.15) is 0 Å². The molecule has 1 N–H and O–H groups in total. The number of aryl methyl sites for hydroxylation is 1. The Morgan fingerprint density at radius 1 is 1.20 bits per heavy atom. The molecular formula is C19H19NO5. The second-order valence-electron chi connectivity index (χ2n) is 5.82. The Kier molecular flexibility index (Phi) is 4.88. The number of benzene rings is 2. The maximum Gasteiger partial charge on any atom is 0.307 e. The van der Waals surface area contributed by atoms with E-state index in [0.717, 1.165) is 11.3 Å². The minimum absolute atomic E-state index is 0.295. The van der Waals surface area contributed by atoms with Gasteiger partial charge in [0.25, 0.3) is 5.91 Å². The first-order valence-corrected chi connectivity index (χ1v) is 8.03. The van der Waals surface area contributed by atoms with E-state index in [0.29, 0.717) is 24.6 Å². The maximum absolute atomic E-state index is 12.6. The zero-order valence-electron chi connectivity index (χ0n) is 13.8. The molecule has 0 aliphatic carbocycles. The van der Waals surface area contributed by atoms with Gasteiger partial charge in [0.2, 0.25) is 0 Å². The number of aliphatic carboxylic acids is 1. The standard InChI is InChI=1S/C19H19NO5/c1-13-6-8-14(9-7-13)24-11-10-20-15-4-2-3-5-16(15)25-17(19(20)23)12-18(21)22/h2-9,17H,10-12H2,1H3,(H,21,22). The lowest BCUT2D eigenvalue weighted by Gasteiger charge is -2.33. The van der Waals surface area contributed by atoms with Gasteiger partial charge in [0.15, 0.2) is 6.10 Å². The lowest BCUT2D eigenvalue weighted by molar-refractivity contribution is -0.142. The number of rotatable bonds is 6. The molecule has 1 atom stereocenters. The van der Waals surface area contributed by atoms with Crippen molar-refractivity contribution in [1.82, 2.24) is 0 Å². The average molecular weight is 341 g/mol. The summed E-state index contributed by atoms with van der Waals surface area (Å²) < 4.78 is 11.2. The van der Waals surface area contributed by atoms with E-state index in [9.17, 15) is 9.59 Å². The topological polar surface area (TPSA) is 76.1 Å². The number of para-hydroxylation sites is 2. The third kappa shape index (κ3) is 3.91. The monoisotopic (exact) mass is 341 g/mol. The predicted molar refractivity (Wildman–Crippen MR) is 92.1 cm³/mol. The molecule has 0 fully saturated rings. The van der Waals surface area contributed by atoms with E-state index in [2.05, 4.69) is 0 Å². The number of amides is 1. The molecule has 1 aliphatic rings. The number of fused-ring (bicyclic) bond motifs is 1. The van der Waals surface area contributed by atoms with Gasteiger partial charge in [0.05, 0.1) is 18.7 Å². The van der Waals surface area contributed by atoms with Crippen LogP contribution in [-0.4, -0.2) is 36.2 Å². The van der Waals surface area contributed by atoms with Crippen LogP contribution in [-0.2, 0) is 9.59 Å². The highest BCUT2D eigenvalue weighted by atomic mass is 16.5. The fourth-order valence-corrected chi connectivity index (χ4v) is 2.68. The van der Waals surface area contributed by atoms with Crippen LogP contribution in [0.3, 0.4) is 0 Å². The molecule has 130 valence electrons. The van der Waals surface area contributed by atoms with E-state index in [1.54, 1.807) is 24.3 Å². The second-order valence-corrected chi connectivity index (χ2v) is 5.82. The van der Waals surface area contributed by atoms with Gasteiger partial charge in [-0.3, -0.25) is 9.59 Å². The first-order chi connectivity index (χ1) is 12.0. The molecule has 0 radical (unpaired) electrons. The normalized spacial score (nSPS) is 16.1. The number of nitrogens with zero attached hydrogens (tertiary/aromatic N) is 1. The molecule has 0 spiro atoms. The molecule has 2 aromatic carbocycles. The van der Waals surface area contributed by atoms with Crippen molar-refractivity contribution in [2.75, 3.05) is 18.1 Å². The van der Waals surface area contributed by atoms with Crippen LogP contribution in [0, 0.1) is 6.92 Å². The van der Waals surface area contributed by atoms with Gasteiger partial charge < -0.3 is 19.5 Å². The Morgan fingerprint density at radius 3 is 2.64 bits per heavy atom. The lowest BCUT2D eigenvalue weighted by Crippen LogP contribution is -2.48. The average Bonchev–Trinajstić information content (AvgIpc) is 2.59. The lowest BCUT2D eigenvalue weighted by atomic mass is 10.1. The van der Waals surface area contributed by atoms with Gasteiger partial charge >= 0.3 is 5.97 Å². The molecule has 1 amide bonds. The summed E-state index contributed by atoms with van der Waals surface area (Å²) in [7, 11) is 0. The molecule has 6 heteroatoms. The first-order valence-electron chi connectivity index (χ1n) is 8.03. The molecule has 0 bridgehead atoms. The highest BCUT2D eigenvalue weighted by molar-refractivity contribution is 6.01. The highest BCUT2D eigenvalue weighted by Crippen LogP contribution is 2.34. The SMILES string of the molecule is Cc1ccc(OCCN2C(=O)C(CC(=O)O)Oc3ccccc32)cc1. The third-order valence-electron chi connectivity index (χ3n) is 3.93. The zero-order chi connectivity index (χ0) is 17.8. The number of carboxylic acids is 1. The predicted octanol–water partition coefficient (Wildman–Crippen LogP) is 2.64. The van der Waals surface area contributed by atoms with Crippen molar-refractivity contribution in [2.45, 2.75) is 19.4 Å². The van der Waals surface area contributed by atoms with Crippen molar-refractivity contribution >= 4 is 17.6 Å². The molecule has 2 aromatic rings. The molecule has 1 aliphatic heterocycles. The Balaban J connectivity index is 1.72. The smallest absolute Gasteiger partial charge is 0.307 e. The van der Waals surface area contributed by atoms with Crippen molar-refractivity contribution in [3.8, 4) is 11.5 Å². The van der Waals surface area contributed by atoms with Crippen LogP contribution < -0.4 is 14.4 Å². The van der Waals surface area contributed by atoms with Crippen LogP contribution >= 0.6 is 0 Å². The maximum atomic E-state index is 12.6. The molecule has 3 rings (SSSR count). The van der Waals surface area contributed by atoms with Crippen LogP contribution in [0.25, 0.3) is 0 Å². The Morgan fingerprint density at radius 2 is 1.92 bits per heavy atom. The summed E-state index contributed by atoms with van der Waals surface area (Å²) in [5.74, 6) is -0.215. The van der Waals surface area contributed by atoms with Crippen LogP contribution in [0.2, 0.25) is 0 Å². The minimum atomic E-state index is -1.08. The first kappa shape index (κ1) is 16.8. The van der Waals surface area contributed by atoms with Gasteiger partial charge in [-0.05, 0) is 31.2 Å². The van der Waals surface area contributed by atoms with Crippen molar-refractivity contribution in [3.63, 3.8) is 0 Å². The summed E-state index contributed by atoms with van der Waals surface area (Å²) >= 11 is 0. The van der Waals surface area contributed by atoms with Crippen molar-refractivity contribution < 1.29 is 24.2 Å². The van der Waals surface area contributed by atoms with Crippen LogP contribution in [0.1, 0.15) is 12.0 Å². The van der Waals surface area contributed by atoms with Crippen molar-refractivity contribution in [1.29, 1.82) is 0 Å². The number of carbonyl (C=O) groups excluding carboxylic acids is 1. The van der Waals surface area contributed by atoms with Gasteiger partial charge in [-0.15, -0.1) is 0 Å². The molecule has 6 nitrogen and oxygen atoms in total. The molecule has 1 unspecified atom stereocenters.